The van der Waals surface area contributed by atoms with Crippen molar-refractivity contribution in [1.29, 1.82) is 0 Å². The van der Waals surface area contributed by atoms with E-state index < -0.39 is 0 Å². The molecule has 1 fully saturated rings. The van der Waals surface area contributed by atoms with Crippen molar-refractivity contribution in [2.75, 3.05) is 13.1 Å². The molecule has 2 N–H and O–H groups in total. The summed E-state index contributed by atoms with van der Waals surface area (Å²) in [7, 11) is 0. The third kappa shape index (κ3) is 14.5. The Morgan fingerprint density at radius 1 is 0.793 bits per heavy atom. The molecule has 0 aromatic carbocycles. The van der Waals surface area contributed by atoms with Crippen molar-refractivity contribution < 1.29 is 4.79 Å². The number of likely N-dealkylation sites (tertiary alicyclic amines) is 1. The summed E-state index contributed by atoms with van der Waals surface area (Å²) in [5.74, 6) is 0.234. The van der Waals surface area contributed by atoms with Crippen LogP contribution >= 0.6 is 0 Å². The van der Waals surface area contributed by atoms with Crippen molar-refractivity contribution in [2.45, 2.75) is 70.8 Å². The first-order valence-electron chi connectivity index (χ1n) is 11.2. The van der Waals surface area contributed by atoms with Gasteiger partial charge in [0.25, 0.3) is 0 Å². The molecular weight excluding hydrogens is 356 g/mol. The summed E-state index contributed by atoms with van der Waals surface area (Å²) >= 11 is 0. The second-order valence-electron chi connectivity index (χ2n) is 7.34. The fourth-order valence-corrected chi connectivity index (χ4v) is 3.02. The Labute approximate surface area is 178 Å². The zero-order valence-corrected chi connectivity index (χ0v) is 18.2. The van der Waals surface area contributed by atoms with E-state index in [2.05, 4.69) is 79.8 Å². The minimum atomic E-state index is 0.171. The first-order valence-corrected chi connectivity index (χ1v) is 11.2. The van der Waals surface area contributed by atoms with Gasteiger partial charge in [-0.05, 0) is 51.4 Å². The Morgan fingerprint density at radius 3 is 1.66 bits per heavy atom. The molecule has 0 aromatic heterocycles. The van der Waals surface area contributed by atoms with E-state index in [0.29, 0.717) is 6.42 Å². The zero-order chi connectivity index (χ0) is 21.0. The number of nitrogens with zero attached hydrogens (tertiary/aromatic N) is 1. The maximum atomic E-state index is 12.0. The van der Waals surface area contributed by atoms with Crippen LogP contribution in [0.5, 0.6) is 0 Å². The SMILES string of the molecule is CC/C=C\C/C=C\C/C=C\C/C=C\C/C=C\C/C=C\CCC(=O)N1CC[C@H](N)C1. The van der Waals surface area contributed by atoms with Gasteiger partial charge in [-0.25, -0.2) is 0 Å². The number of hydrogen-bond acceptors (Lipinski definition) is 2. The van der Waals surface area contributed by atoms with Gasteiger partial charge in [0, 0.05) is 25.6 Å². The number of amides is 1. The molecule has 1 aliphatic heterocycles. The molecule has 1 aliphatic rings. The number of hydrogen-bond donors (Lipinski definition) is 1. The van der Waals surface area contributed by atoms with Crippen molar-refractivity contribution in [3.05, 3.63) is 72.9 Å². The lowest BCUT2D eigenvalue weighted by Gasteiger charge is -2.14. The van der Waals surface area contributed by atoms with E-state index in [1.165, 1.54) is 0 Å². The van der Waals surface area contributed by atoms with Crippen molar-refractivity contribution in [2.24, 2.45) is 5.73 Å². The number of rotatable bonds is 14. The van der Waals surface area contributed by atoms with Crippen LogP contribution in [0.1, 0.15) is 64.7 Å². The fourth-order valence-electron chi connectivity index (χ4n) is 3.02. The highest BCUT2D eigenvalue weighted by Crippen LogP contribution is 2.09. The predicted molar refractivity (Wildman–Crippen MR) is 127 cm³/mol. The van der Waals surface area contributed by atoms with Crippen LogP contribution in [0.2, 0.25) is 0 Å². The Balaban J connectivity index is 1.96. The molecule has 1 saturated heterocycles. The molecule has 0 aromatic rings. The first-order chi connectivity index (χ1) is 14.2. The Kier molecular flexibility index (Phi) is 15.4. The van der Waals surface area contributed by atoms with E-state index in [9.17, 15) is 4.79 Å². The van der Waals surface area contributed by atoms with E-state index in [4.69, 9.17) is 5.73 Å². The van der Waals surface area contributed by atoms with Crippen LogP contribution in [0.3, 0.4) is 0 Å². The van der Waals surface area contributed by atoms with E-state index in [1.807, 2.05) is 4.90 Å². The van der Waals surface area contributed by atoms with Gasteiger partial charge in [-0.15, -0.1) is 0 Å². The molecule has 0 spiro atoms. The minimum Gasteiger partial charge on any atom is -0.341 e. The molecule has 1 amide bonds. The molecule has 0 saturated carbocycles. The summed E-state index contributed by atoms with van der Waals surface area (Å²) in [6, 6.07) is 0.171. The van der Waals surface area contributed by atoms with Gasteiger partial charge in [0.2, 0.25) is 5.91 Å². The van der Waals surface area contributed by atoms with E-state index in [0.717, 1.165) is 64.5 Å². The second-order valence-corrected chi connectivity index (χ2v) is 7.34. The monoisotopic (exact) mass is 396 g/mol. The molecule has 3 heteroatoms. The van der Waals surface area contributed by atoms with Gasteiger partial charge in [0.1, 0.15) is 0 Å². The van der Waals surface area contributed by atoms with Gasteiger partial charge in [-0.2, -0.15) is 0 Å². The van der Waals surface area contributed by atoms with Crippen LogP contribution in [0, 0.1) is 0 Å². The summed E-state index contributed by atoms with van der Waals surface area (Å²) in [5.41, 5.74) is 5.84. The Morgan fingerprint density at radius 2 is 1.24 bits per heavy atom. The maximum absolute atomic E-state index is 12.0. The molecule has 0 unspecified atom stereocenters. The van der Waals surface area contributed by atoms with Crippen molar-refractivity contribution in [3.63, 3.8) is 0 Å². The minimum absolute atomic E-state index is 0.171. The molecule has 1 rings (SSSR count). The summed E-state index contributed by atoms with van der Waals surface area (Å²) in [6.45, 7) is 3.70. The highest BCUT2D eigenvalue weighted by Gasteiger charge is 2.22. The van der Waals surface area contributed by atoms with Crippen molar-refractivity contribution >= 4 is 5.91 Å². The highest BCUT2D eigenvalue weighted by atomic mass is 16.2. The first kappa shape index (κ1) is 24.9. The van der Waals surface area contributed by atoms with Gasteiger partial charge >= 0.3 is 0 Å². The van der Waals surface area contributed by atoms with Crippen molar-refractivity contribution in [3.8, 4) is 0 Å². The van der Waals surface area contributed by atoms with Crippen LogP contribution in [0.15, 0.2) is 72.9 Å². The summed E-state index contributed by atoms with van der Waals surface area (Å²) in [5, 5.41) is 0. The zero-order valence-electron chi connectivity index (χ0n) is 18.2. The molecule has 160 valence electrons. The van der Waals surface area contributed by atoms with E-state index in [1.54, 1.807) is 0 Å². The fraction of sp³-hybridized carbons (Fsp3) is 0.500. The second kappa shape index (κ2) is 17.9. The largest absolute Gasteiger partial charge is 0.341 e. The average molecular weight is 397 g/mol. The standard InChI is InChI=1S/C26H40N2O/c1-2-3-4-5-6-7-8-9-10-11-12-13-14-15-16-17-18-19-20-21-26(29)28-23-22-25(27)24-28/h3-4,6-7,9-10,12-13,15-16,18-19,25H,2,5,8,11,14,17,20-24,27H2,1H3/b4-3-,7-6-,10-9-,13-12-,16-15-,19-18-/t25-/m0/s1. The molecular formula is C26H40N2O. The van der Waals surface area contributed by atoms with Crippen LogP contribution in [0.25, 0.3) is 0 Å². The van der Waals surface area contributed by atoms with Crippen molar-refractivity contribution in [1.82, 2.24) is 4.90 Å². The quantitative estimate of drug-likeness (QED) is 0.365. The van der Waals surface area contributed by atoms with Crippen LogP contribution < -0.4 is 5.73 Å². The molecule has 29 heavy (non-hydrogen) atoms. The molecule has 1 heterocycles. The average Bonchev–Trinajstić information content (AvgIpc) is 3.16. The smallest absolute Gasteiger partial charge is 0.222 e. The van der Waals surface area contributed by atoms with Gasteiger partial charge in [-0.1, -0.05) is 79.8 Å². The lowest BCUT2D eigenvalue weighted by molar-refractivity contribution is -0.130. The third-order valence-electron chi connectivity index (χ3n) is 4.70. The Bertz CT molecular complexity index is 596. The third-order valence-corrected chi connectivity index (χ3v) is 4.70. The lowest BCUT2D eigenvalue weighted by atomic mass is 10.2. The van der Waals surface area contributed by atoms with E-state index in [-0.39, 0.29) is 11.9 Å². The molecule has 0 radical (unpaired) electrons. The molecule has 3 nitrogen and oxygen atoms in total. The van der Waals surface area contributed by atoms with Gasteiger partial charge < -0.3 is 10.6 Å². The van der Waals surface area contributed by atoms with Crippen LogP contribution in [0.4, 0.5) is 0 Å². The number of allylic oxidation sites excluding steroid dienone is 12. The number of carbonyl (C=O) groups excluding carboxylic acids is 1. The molecule has 0 bridgehead atoms. The summed E-state index contributed by atoms with van der Waals surface area (Å²) in [4.78, 5) is 13.9. The number of nitrogens with two attached hydrogens (primary N) is 1. The Hall–Kier alpha value is -2.13. The molecule has 1 atom stereocenters. The van der Waals surface area contributed by atoms with Gasteiger partial charge in [-0.3, -0.25) is 4.79 Å². The molecule has 0 aliphatic carbocycles. The van der Waals surface area contributed by atoms with E-state index >= 15 is 0 Å². The summed E-state index contributed by atoms with van der Waals surface area (Å²) < 4.78 is 0. The van der Waals surface area contributed by atoms with Gasteiger partial charge in [0.15, 0.2) is 0 Å². The normalized spacial score (nSPS) is 18.3. The summed E-state index contributed by atoms with van der Waals surface area (Å²) in [6.07, 6.45) is 34.7. The van der Waals surface area contributed by atoms with Crippen LogP contribution in [-0.2, 0) is 4.79 Å². The predicted octanol–water partition coefficient (Wildman–Crippen LogP) is 6.02. The number of carbonyl (C=O) groups is 1. The lowest BCUT2D eigenvalue weighted by Crippen LogP contribution is -2.31. The highest BCUT2D eigenvalue weighted by molar-refractivity contribution is 5.76. The topological polar surface area (TPSA) is 46.3 Å². The van der Waals surface area contributed by atoms with Gasteiger partial charge in [0.05, 0.1) is 0 Å². The maximum Gasteiger partial charge on any atom is 0.222 e. The van der Waals surface area contributed by atoms with Crippen LogP contribution in [-0.4, -0.2) is 29.9 Å².